The third-order valence-corrected chi connectivity index (χ3v) is 0. The summed E-state index contributed by atoms with van der Waals surface area (Å²) in [5.74, 6) is 0. The summed E-state index contributed by atoms with van der Waals surface area (Å²) in [7, 11) is 0. The molecule has 0 aromatic rings. The van der Waals surface area contributed by atoms with Crippen molar-refractivity contribution < 1.29 is 49.1 Å². The normalized spacial score (nSPS) is 0. The summed E-state index contributed by atoms with van der Waals surface area (Å²) in [6.07, 6.45) is 0. The Hall–Kier alpha value is 0.514. The topological polar surface area (TPSA) is 152 Å². The zero-order valence-corrected chi connectivity index (χ0v) is 4.35. The van der Waals surface area contributed by atoms with E-state index in [1.54, 1.807) is 0 Å². The minimum Gasteiger partial charge on any atom is -0.870 e. The van der Waals surface area contributed by atoms with Gasteiger partial charge in [-0.2, -0.15) is 0 Å². The third-order valence-electron chi connectivity index (χ3n) is 0. The van der Waals surface area contributed by atoms with Gasteiger partial charge in [0, 0.05) is 21.7 Å². The summed E-state index contributed by atoms with van der Waals surface area (Å²) < 4.78 is 0. The standard InChI is InChI=1S/5H2O.Ti/h5*1H2;/p-4. The molecule has 0 atom stereocenters. The van der Waals surface area contributed by atoms with E-state index in [1.807, 2.05) is 0 Å². The molecule has 0 heterocycles. The van der Waals surface area contributed by atoms with Crippen LogP contribution in [0.1, 0.15) is 0 Å². The molecule has 0 unspecified atom stereocenters. The second-order valence-electron chi connectivity index (χ2n) is 0. The average Bonchev–Trinajstić information content (AvgIpc) is 0. The summed E-state index contributed by atoms with van der Waals surface area (Å²) in [5.41, 5.74) is 0. The van der Waals surface area contributed by atoms with Gasteiger partial charge in [0.05, 0.1) is 0 Å². The molecule has 0 aromatic carbocycles. The van der Waals surface area contributed by atoms with Gasteiger partial charge in [0.25, 0.3) is 0 Å². The quantitative estimate of drug-likeness (QED) is 0.368. The molecule has 0 bridgehead atoms. The first-order chi connectivity index (χ1) is 0. The predicted octanol–water partition coefficient (Wildman–Crippen LogP) is -1.53. The van der Waals surface area contributed by atoms with Gasteiger partial charge in [-0.15, -0.1) is 0 Å². The number of hydrogen-bond acceptors (Lipinski definition) is 4. The third kappa shape index (κ3) is 211. The summed E-state index contributed by atoms with van der Waals surface area (Å²) >= 11 is 0. The van der Waals surface area contributed by atoms with Crippen LogP contribution >= 0.6 is 0 Å². The van der Waals surface area contributed by atoms with Crippen LogP contribution in [0.5, 0.6) is 0 Å². The van der Waals surface area contributed by atoms with Gasteiger partial charge in [0.15, 0.2) is 0 Å². The molecule has 6 N–H and O–H groups in total. The fourth-order valence-corrected chi connectivity index (χ4v) is 0. The molecule has 6 heavy (non-hydrogen) atoms. The largest absolute Gasteiger partial charge is 0.870 e. The molecule has 0 amide bonds. The van der Waals surface area contributed by atoms with E-state index in [4.69, 9.17) is 0 Å². The van der Waals surface area contributed by atoms with Crippen LogP contribution < -0.4 is 0 Å². The van der Waals surface area contributed by atoms with Crippen LogP contribution in [0.15, 0.2) is 0 Å². The molecule has 0 fully saturated rings. The van der Waals surface area contributed by atoms with Crippen molar-refractivity contribution in [3.63, 3.8) is 0 Å². The van der Waals surface area contributed by atoms with E-state index in [-0.39, 0.29) is 49.1 Å². The fraction of sp³-hybridized carbons (Fsp3) is 0. The maximum atomic E-state index is 0. The first-order valence-electron chi connectivity index (χ1n) is 0. The zero-order chi connectivity index (χ0) is 0. The van der Waals surface area contributed by atoms with Gasteiger partial charge in [-0.1, -0.05) is 0 Å². The summed E-state index contributed by atoms with van der Waals surface area (Å²) in [6.45, 7) is 0. The Labute approximate surface area is 49.8 Å². The van der Waals surface area contributed by atoms with E-state index in [2.05, 4.69) is 0 Å². The van der Waals surface area contributed by atoms with Gasteiger partial charge in [0.2, 0.25) is 0 Å². The van der Waals surface area contributed by atoms with Crippen molar-refractivity contribution in [2.45, 2.75) is 0 Å². The smallest absolute Gasteiger partial charge is 0 e. The second kappa shape index (κ2) is 425. The second-order valence-corrected chi connectivity index (χ2v) is 0. The van der Waals surface area contributed by atoms with Gasteiger partial charge in [-0.3, -0.25) is 0 Å². The molecule has 0 aliphatic rings. The molecular weight excluding hydrogens is 128 g/mol. The fourth-order valence-electron chi connectivity index (χ4n) is 0. The Kier molecular flexibility index (Phi) is 53000. The molecule has 0 saturated carbocycles. The van der Waals surface area contributed by atoms with Crippen LogP contribution in [0.4, 0.5) is 0 Å². The van der Waals surface area contributed by atoms with Crippen LogP contribution in [0.3, 0.4) is 0 Å². The molecular formula is H6O5Ti-4. The Morgan fingerprint density at radius 1 is 0.500 bits per heavy atom. The molecule has 6 heteroatoms. The minimum atomic E-state index is 0. The number of hydrogen-bond donors (Lipinski definition) is 0. The molecule has 0 saturated heterocycles. The molecule has 0 aliphatic heterocycles. The van der Waals surface area contributed by atoms with Crippen LogP contribution in [0.2, 0.25) is 0 Å². The molecule has 0 aliphatic carbocycles. The summed E-state index contributed by atoms with van der Waals surface area (Å²) in [6, 6.07) is 0. The SMILES string of the molecule is O.[OH-].[OH-].[OH-].[OH-].[Ti]. The van der Waals surface area contributed by atoms with Crippen molar-refractivity contribution in [2.75, 3.05) is 0 Å². The van der Waals surface area contributed by atoms with Crippen LogP contribution in [0.25, 0.3) is 0 Å². The molecule has 5 nitrogen and oxygen atoms in total. The molecule has 44 valence electrons. The Bertz CT molecular complexity index is 3.90. The predicted molar refractivity (Wildman–Crippen MR) is 11.4 cm³/mol. The van der Waals surface area contributed by atoms with Crippen molar-refractivity contribution in [1.29, 1.82) is 0 Å². The van der Waals surface area contributed by atoms with Crippen molar-refractivity contribution >= 4 is 0 Å². The van der Waals surface area contributed by atoms with E-state index in [0.29, 0.717) is 0 Å². The van der Waals surface area contributed by atoms with E-state index >= 15 is 0 Å². The van der Waals surface area contributed by atoms with Crippen molar-refractivity contribution in [2.24, 2.45) is 0 Å². The Morgan fingerprint density at radius 3 is 0.500 bits per heavy atom. The minimum absolute atomic E-state index is 0. The Balaban J connectivity index is 0. The van der Waals surface area contributed by atoms with Crippen molar-refractivity contribution in [3.8, 4) is 0 Å². The zero-order valence-electron chi connectivity index (χ0n) is 2.79. The van der Waals surface area contributed by atoms with Gasteiger partial charge in [0.1, 0.15) is 0 Å². The number of rotatable bonds is 0. The molecule has 0 spiro atoms. The van der Waals surface area contributed by atoms with Crippen molar-refractivity contribution in [3.05, 3.63) is 0 Å². The molecule has 0 rings (SSSR count). The van der Waals surface area contributed by atoms with E-state index < -0.39 is 0 Å². The Morgan fingerprint density at radius 2 is 0.500 bits per heavy atom. The molecule has 0 aromatic heterocycles. The maximum Gasteiger partial charge on any atom is 0 e. The van der Waals surface area contributed by atoms with Gasteiger partial charge in [-0.25, -0.2) is 0 Å². The average molecular weight is 134 g/mol. The van der Waals surface area contributed by atoms with E-state index in [1.165, 1.54) is 0 Å². The first-order valence-corrected chi connectivity index (χ1v) is 0. The van der Waals surface area contributed by atoms with Crippen LogP contribution in [-0.4, -0.2) is 27.4 Å². The van der Waals surface area contributed by atoms with E-state index in [0.717, 1.165) is 0 Å². The van der Waals surface area contributed by atoms with Gasteiger partial charge < -0.3 is 27.4 Å². The van der Waals surface area contributed by atoms with Gasteiger partial charge >= 0.3 is 0 Å². The monoisotopic (exact) mass is 134 g/mol. The summed E-state index contributed by atoms with van der Waals surface area (Å²) in [5, 5.41) is 0. The van der Waals surface area contributed by atoms with E-state index in [9.17, 15) is 0 Å². The van der Waals surface area contributed by atoms with Crippen molar-refractivity contribution in [1.82, 2.24) is 0 Å². The van der Waals surface area contributed by atoms with Crippen LogP contribution in [-0.2, 0) is 21.7 Å². The summed E-state index contributed by atoms with van der Waals surface area (Å²) in [4.78, 5) is 0. The van der Waals surface area contributed by atoms with Crippen LogP contribution in [0, 0.1) is 0 Å². The maximum absolute atomic E-state index is 0. The molecule has 0 radical (unpaired) electrons. The van der Waals surface area contributed by atoms with Gasteiger partial charge in [-0.05, 0) is 0 Å². The first kappa shape index (κ1) is 749.